The van der Waals surface area contributed by atoms with Crippen molar-refractivity contribution in [3.63, 3.8) is 0 Å². The van der Waals surface area contributed by atoms with Gasteiger partial charge in [-0.1, -0.05) is 6.92 Å². The van der Waals surface area contributed by atoms with Crippen LogP contribution in [0.15, 0.2) is 0 Å². The molecule has 0 saturated carbocycles. The van der Waals surface area contributed by atoms with E-state index in [2.05, 4.69) is 18.9 Å². The van der Waals surface area contributed by atoms with Crippen LogP contribution in [0.25, 0.3) is 0 Å². The van der Waals surface area contributed by atoms with Gasteiger partial charge >= 0.3 is 0 Å². The fraction of sp³-hybridized carbons (Fsp3) is 1.00. The Morgan fingerprint density at radius 2 is 1.36 bits per heavy atom. The average molecular weight is 399 g/mol. The zero-order valence-corrected chi connectivity index (χ0v) is 18.9. The predicted molar refractivity (Wildman–Crippen MR) is 109 cm³/mol. The highest BCUT2D eigenvalue weighted by Gasteiger charge is 2.15. The molecule has 0 N–H and O–H groups in total. The quantitative estimate of drug-likeness (QED) is 0.153. The molecule has 0 fully saturated rings. The van der Waals surface area contributed by atoms with Crippen LogP contribution in [-0.4, -0.2) is 89.9 Å². The van der Waals surface area contributed by atoms with Crippen molar-refractivity contribution in [3.8, 4) is 0 Å². The maximum atomic E-state index is 5.96. The van der Waals surface area contributed by atoms with Gasteiger partial charge in [0.25, 0.3) is 0 Å². The van der Waals surface area contributed by atoms with Crippen LogP contribution in [0.2, 0.25) is 0 Å². The first-order chi connectivity index (χ1) is 12.1. The monoisotopic (exact) mass is 399 g/mol. The number of hydrogen-bond acceptors (Lipinski definition) is 6. The molecule has 0 bridgehead atoms. The van der Waals surface area contributed by atoms with Crippen LogP contribution >= 0.6 is 17.2 Å². The van der Waals surface area contributed by atoms with Gasteiger partial charge in [-0.3, -0.25) is 4.84 Å². The van der Waals surface area contributed by atoms with Crippen molar-refractivity contribution in [1.82, 2.24) is 5.06 Å². The van der Waals surface area contributed by atoms with E-state index in [9.17, 15) is 0 Å². The molecule has 0 aliphatic carbocycles. The van der Waals surface area contributed by atoms with Gasteiger partial charge in [-0.25, -0.2) is 0 Å². The van der Waals surface area contributed by atoms with E-state index in [1.165, 1.54) is 6.16 Å². The van der Waals surface area contributed by atoms with E-state index >= 15 is 0 Å². The first kappa shape index (κ1) is 25.6. The van der Waals surface area contributed by atoms with Gasteiger partial charge in [0, 0.05) is 53.3 Å². The normalized spacial score (nSPS) is 14.3. The molecular formula is C17H39NO5P2. The summed E-state index contributed by atoms with van der Waals surface area (Å²) < 4.78 is 21.0. The van der Waals surface area contributed by atoms with Crippen LogP contribution in [0.3, 0.4) is 0 Å². The molecule has 0 spiro atoms. The molecule has 0 aromatic heterocycles. The molecule has 0 aromatic carbocycles. The third kappa shape index (κ3) is 13.4. The highest BCUT2D eigenvalue weighted by molar-refractivity contribution is 7.38. The van der Waals surface area contributed by atoms with E-state index in [0.717, 1.165) is 61.6 Å². The number of ether oxygens (including phenoxy) is 4. The number of methoxy groups -OCH3 is 4. The van der Waals surface area contributed by atoms with Gasteiger partial charge in [0.2, 0.25) is 0 Å². The smallest absolute Gasteiger partial charge is 0.160 e. The van der Waals surface area contributed by atoms with Crippen LogP contribution in [0.1, 0.15) is 26.7 Å². The number of rotatable bonds is 18. The lowest BCUT2D eigenvalue weighted by molar-refractivity contribution is -0.179. The Morgan fingerprint density at radius 3 is 1.84 bits per heavy atom. The summed E-state index contributed by atoms with van der Waals surface area (Å²) in [7, 11) is 8.43. The van der Waals surface area contributed by atoms with Crippen molar-refractivity contribution in [2.75, 3.05) is 66.2 Å². The molecule has 8 heteroatoms. The zero-order valence-electron chi connectivity index (χ0n) is 16.9. The highest BCUT2D eigenvalue weighted by atomic mass is 31.1. The van der Waals surface area contributed by atoms with Gasteiger partial charge in [0.05, 0.1) is 6.61 Å². The molecule has 3 atom stereocenters. The summed E-state index contributed by atoms with van der Waals surface area (Å²) in [4.78, 5) is 5.96. The molecule has 0 aromatic rings. The second-order valence-electron chi connectivity index (χ2n) is 5.82. The van der Waals surface area contributed by atoms with Gasteiger partial charge in [-0.2, -0.15) is 5.06 Å². The molecule has 0 rings (SSSR count). The average Bonchev–Trinajstić information content (AvgIpc) is 2.64. The summed E-state index contributed by atoms with van der Waals surface area (Å²) in [5.74, 6) is 0. The minimum atomic E-state index is -0.0866. The Labute approximate surface area is 158 Å². The van der Waals surface area contributed by atoms with Gasteiger partial charge in [0.15, 0.2) is 12.6 Å². The fourth-order valence-electron chi connectivity index (χ4n) is 2.23. The van der Waals surface area contributed by atoms with Crippen LogP contribution in [0, 0.1) is 0 Å². The maximum absolute atomic E-state index is 5.96. The Kier molecular flexibility index (Phi) is 18.5. The molecule has 6 nitrogen and oxygen atoms in total. The molecule has 0 radical (unpaired) electrons. The van der Waals surface area contributed by atoms with Crippen LogP contribution in [-0.2, 0) is 23.8 Å². The lowest BCUT2D eigenvalue weighted by Gasteiger charge is -2.28. The van der Waals surface area contributed by atoms with E-state index in [1.807, 2.05) is 0 Å². The Morgan fingerprint density at radius 1 is 0.840 bits per heavy atom. The molecule has 0 aliphatic rings. The molecule has 3 unspecified atom stereocenters. The first-order valence-electron chi connectivity index (χ1n) is 9.04. The molecule has 0 heterocycles. The van der Waals surface area contributed by atoms with Crippen molar-refractivity contribution in [2.45, 2.75) is 45.3 Å². The number of hydroxylamine groups is 2. The molecule has 152 valence electrons. The lowest BCUT2D eigenvalue weighted by atomic mass is 10.2. The standard InChI is InChI=1S/C17H39NO5P2/c1-7-10-23-18(9-12-25-14-17(21-5)22-6)15(2)8-11-24-13-16(19-3)20-4/h15-17,24-25H,7-14H2,1-6H3. The summed E-state index contributed by atoms with van der Waals surface area (Å²) in [6.07, 6.45) is 6.19. The summed E-state index contributed by atoms with van der Waals surface area (Å²) in [5, 5.41) is 2.17. The van der Waals surface area contributed by atoms with Gasteiger partial charge < -0.3 is 18.9 Å². The van der Waals surface area contributed by atoms with Gasteiger partial charge in [0.1, 0.15) is 0 Å². The van der Waals surface area contributed by atoms with Crippen LogP contribution < -0.4 is 0 Å². The largest absolute Gasteiger partial charge is 0.356 e. The maximum Gasteiger partial charge on any atom is 0.160 e. The zero-order chi connectivity index (χ0) is 18.9. The van der Waals surface area contributed by atoms with Crippen molar-refractivity contribution >= 4 is 17.2 Å². The van der Waals surface area contributed by atoms with E-state index < -0.39 is 0 Å². The van der Waals surface area contributed by atoms with E-state index in [4.69, 9.17) is 23.8 Å². The lowest BCUT2D eigenvalue weighted by Crippen LogP contribution is -2.36. The Bertz CT molecular complexity index is 282. The van der Waals surface area contributed by atoms with E-state index in [-0.39, 0.29) is 12.6 Å². The molecule has 0 amide bonds. The van der Waals surface area contributed by atoms with Crippen molar-refractivity contribution < 1.29 is 23.8 Å². The fourth-order valence-corrected chi connectivity index (χ4v) is 4.78. The SMILES string of the molecule is CCCON(CCPCC(OC)OC)C(C)CCPCC(OC)OC. The van der Waals surface area contributed by atoms with E-state index in [0.29, 0.717) is 6.04 Å². The minimum Gasteiger partial charge on any atom is -0.356 e. The van der Waals surface area contributed by atoms with E-state index in [1.54, 1.807) is 28.4 Å². The topological polar surface area (TPSA) is 49.4 Å². The van der Waals surface area contributed by atoms with Crippen molar-refractivity contribution in [3.05, 3.63) is 0 Å². The van der Waals surface area contributed by atoms with Gasteiger partial charge in [-0.15, -0.1) is 17.2 Å². The summed E-state index contributed by atoms with van der Waals surface area (Å²) >= 11 is 0. The second-order valence-corrected chi connectivity index (χ2v) is 8.64. The summed E-state index contributed by atoms with van der Waals surface area (Å²) in [5.41, 5.74) is 0. The molecule has 0 aliphatic heterocycles. The third-order valence-corrected chi connectivity index (χ3v) is 6.34. The Balaban J connectivity index is 4.08. The number of hydrogen-bond donors (Lipinski definition) is 0. The predicted octanol–water partition coefficient (Wildman–Crippen LogP) is 3.00. The number of nitrogens with zero attached hydrogens (tertiary/aromatic N) is 1. The molecular weight excluding hydrogens is 360 g/mol. The summed E-state index contributed by atoms with van der Waals surface area (Å²) in [6.45, 7) is 6.13. The van der Waals surface area contributed by atoms with Crippen molar-refractivity contribution in [2.24, 2.45) is 0 Å². The van der Waals surface area contributed by atoms with Crippen molar-refractivity contribution in [1.29, 1.82) is 0 Å². The minimum absolute atomic E-state index is 0.0724. The Hall–Kier alpha value is 0.620. The highest BCUT2D eigenvalue weighted by Crippen LogP contribution is 2.19. The van der Waals surface area contributed by atoms with Gasteiger partial charge in [-0.05, 0) is 32.1 Å². The van der Waals surface area contributed by atoms with Crippen LogP contribution in [0.5, 0.6) is 0 Å². The molecule has 0 saturated heterocycles. The summed E-state index contributed by atoms with van der Waals surface area (Å²) in [6, 6.07) is 0.424. The van der Waals surface area contributed by atoms with Crippen LogP contribution in [0.4, 0.5) is 0 Å². The second kappa shape index (κ2) is 18.0. The first-order valence-corrected chi connectivity index (χ1v) is 11.9. The third-order valence-electron chi connectivity index (χ3n) is 3.87. The molecule has 25 heavy (non-hydrogen) atoms.